The molecule has 0 aliphatic rings. The van der Waals surface area contributed by atoms with Gasteiger partial charge in [0.05, 0.1) is 6.04 Å². The third-order valence-electron chi connectivity index (χ3n) is 2.82. The van der Waals surface area contributed by atoms with Crippen molar-refractivity contribution in [2.24, 2.45) is 7.05 Å². The Hall–Kier alpha value is -1.75. The summed E-state index contributed by atoms with van der Waals surface area (Å²) in [6, 6.07) is 4.39. The molecular weight excluding hydrogens is 214 g/mol. The Morgan fingerprint density at radius 2 is 2.12 bits per heavy atom. The van der Waals surface area contributed by atoms with Crippen molar-refractivity contribution in [3.63, 3.8) is 0 Å². The molecule has 1 N–H and O–H groups in total. The maximum Gasteiger partial charge on any atom is 0.149 e. The van der Waals surface area contributed by atoms with Gasteiger partial charge in [-0.05, 0) is 25.5 Å². The fourth-order valence-corrected chi connectivity index (χ4v) is 1.86. The van der Waals surface area contributed by atoms with E-state index in [-0.39, 0.29) is 12.1 Å². The van der Waals surface area contributed by atoms with Crippen molar-refractivity contribution >= 4 is 0 Å². The van der Waals surface area contributed by atoms with Gasteiger partial charge in [0, 0.05) is 25.5 Å². The summed E-state index contributed by atoms with van der Waals surface area (Å²) in [5.74, 6) is 0.931. The largest absolute Gasteiger partial charge is 0.319 e. The number of aromatic nitrogens is 4. The van der Waals surface area contributed by atoms with E-state index in [1.54, 1.807) is 12.5 Å². The Morgan fingerprint density at radius 3 is 2.71 bits per heavy atom. The van der Waals surface area contributed by atoms with Gasteiger partial charge in [-0.15, -0.1) is 10.2 Å². The van der Waals surface area contributed by atoms with Crippen LogP contribution in [0.2, 0.25) is 0 Å². The van der Waals surface area contributed by atoms with Gasteiger partial charge < -0.3 is 9.88 Å². The van der Waals surface area contributed by atoms with Crippen LogP contribution in [0.4, 0.5) is 0 Å². The maximum atomic E-state index is 4.12. The lowest BCUT2D eigenvalue weighted by Gasteiger charge is -2.19. The number of hydrogen-bond acceptors (Lipinski definition) is 4. The third-order valence-corrected chi connectivity index (χ3v) is 2.82. The lowest BCUT2D eigenvalue weighted by atomic mass is 10.1. The zero-order valence-electron chi connectivity index (χ0n) is 10.3. The molecule has 2 heterocycles. The molecule has 0 spiro atoms. The minimum Gasteiger partial charge on any atom is -0.319 e. The van der Waals surface area contributed by atoms with Gasteiger partial charge in [0.2, 0.25) is 0 Å². The summed E-state index contributed by atoms with van der Waals surface area (Å²) in [4.78, 5) is 4.12. The Balaban J connectivity index is 2.05. The van der Waals surface area contributed by atoms with Gasteiger partial charge in [-0.3, -0.25) is 4.98 Å². The van der Waals surface area contributed by atoms with E-state index in [4.69, 9.17) is 0 Å². The molecular formula is C12H17N5. The van der Waals surface area contributed by atoms with Gasteiger partial charge in [-0.2, -0.15) is 0 Å². The van der Waals surface area contributed by atoms with Crippen molar-refractivity contribution in [1.82, 2.24) is 25.1 Å². The van der Waals surface area contributed by atoms with Gasteiger partial charge in [-0.1, -0.05) is 6.07 Å². The molecule has 5 nitrogen and oxygen atoms in total. The lowest BCUT2D eigenvalue weighted by molar-refractivity contribution is 0.465. The average molecular weight is 231 g/mol. The van der Waals surface area contributed by atoms with E-state index >= 15 is 0 Å². The Bertz CT molecular complexity index is 465. The molecule has 90 valence electrons. The van der Waals surface area contributed by atoms with E-state index in [0.29, 0.717) is 0 Å². The van der Waals surface area contributed by atoms with Crippen LogP contribution in [0.1, 0.15) is 37.3 Å². The molecule has 2 aromatic heterocycles. The van der Waals surface area contributed by atoms with Crippen LogP contribution >= 0.6 is 0 Å². The van der Waals surface area contributed by atoms with E-state index in [9.17, 15) is 0 Å². The first-order valence-corrected chi connectivity index (χ1v) is 5.68. The summed E-state index contributed by atoms with van der Waals surface area (Å²) >= 11 is 0. The van der Waals surface area contributed by atoms with Crippen LogP contribution < -0.4 is 5.32 Å². The molecule has 17 heavy (non-hydrogen) atoms. The third kappa shape index (κ3) is 2.68. The Morgan fingerprint density at radius 1 is 1.29 bits per heavy atom. The smallest absolute Gasteiger partial charge is 0.149 e. The molecule has 0 amide bonds. The highest BCUT2D eigenvalue weighted by atomic mass is 15.3. The molecule has 2 atom stereocenters. The monoisotopic (exact) mass is 231 g/mol. The summed E-state index contributed by atoms with van der Waals surface area (Å²) in [5, 5.41) is 11.5. The Labute approximate surface area is 101 Å². The maximum absolute atomic E-state index is 4.12. The van der Waals surface area contributed by atoms with Crippen molar-refractivity contribution in [3.05, 3.63) is 42.2 Å². The lowest BCUT2D eigenvalue weighted by Crippen LogP contribution is -2.24. The number of hydrogen-bond donors (Lipinski definition) is 1. The standard InChI is InChI=1S/C12H17N5/c1-9(11-5-4-6-13-7-11)15-10(2)12-16-14-8-17(12)3/h4-10,15H,1-3H3. The highest BCUT2D eigenvalue weighted by Crippen LogP contribution is 2.16. The minimum atomic E-state index is 0.151. The topological polar surface area (TPSA) is 55.6 Å². The predicted octanol–water partition coefficient (Wildman–Crippen LogP) is 1.62. The first-order valence-electron chi connectivity index (χ1n) is 5.68. The number of rotatable bonds is 4. The van der Waals surface area contributed by atoms with Crippen molar-refractivity contribution in [3.8, 4) is 0 Å². The number of nitrogens with one attached hydrogen (secondary N) is 1. The minimum absolute atomic E-state index is 0.151. The molecule has 2 unspecified atom stereocenters. The number of aryl methyl sites for hydroxylation is 1. The molecule has 0 aliphatic heterocycles. The van der Waals surface area contributed by atoms with Crippen LogP contribution in [-0.2, 0) is 7.05 Å². The SMILES string of the molecule is CC(NC(C)c1nncn1C)c1cccnc1. The van der Waals surface area contributed by atoms with Crippen LogP contribution in [0.25, 0.3) is 0 Å². The molecule has 0 aromatic carbocycles. The molecule has 0 aliphatic carbocycles. The van der Waals surface area contributed by atoms with E-state index in [1.807, 2.05) is 23.9 Å². The zero-order valence-corrected chi connectivity index (χ0v) is 10.3. The molecule has 5 heteroatoms. The summed E-state index contributed by atoms with van der Waals surface area (Å²) in [6.07, 6.45) is 5.37. The second-order valence-electron chi connectivity index (χ2n) is 4.20. The van der Waals surface area contributed by atoms with E-state index in [2.05, 4.69) is 40.4 Å². The summed E-state index contributed by atoms with van der Waals surface area (Å²) in [5.41, 5.74) is 1.17. The van der Waals surface area contributed by atoms with Gasteiger partial charge in [0.1, 0.15) is 12.2 Å². The molecule has 0 fully saturated rings. The second kappa shape index (κ2) is 5.05. The van der Waals surface area contributed by atoms with Gasteiger partial charge in [0.25, 0.3) is 0 Å². The summed E-state index contributed by atoms with van der Waals surface area (Å²) in [7, 11) is 1.95. The van der Waals surface area contributed by atoms with Crippen LogP contribution in [0.15, 0.2) is 30.9 Å². The second-order valence-corrected chi connectivity index (χ2v) is 4.20. The zero-order chi connectivity index (χ0) is 12.3. The first-order chi connectivity index (χ1) is 8.18. The van der Waals surface area contributed by atoms with Crippen LogP contribution in [0, 0.1) is 0 Å². The van der Waals surface area contributed by atoms with E-state index < -0.39 is 0 Å². The molecule has 0 radical (unpaired) electrons. The van der Waals surface area contributed by atoms with Crippen molar-refractivity contribution in [2.45, 2.75) is 25.9 Å². The molecule has 0 bridgehead atoms. The van der Waals surface area contributed by atoms with Crippen LogP contribution in [-0.4, -0.2) is 19.7 Å². The number of nitrogens with zero attached hydrogens (tertiary/aromatic N) is 4. The average Bonchev–Trinajstić information content (AvgIpc) is 2.76. The van der Waals surface area contributed by atoms with Crippen LogP contribution in [0.5, 0.6) is 0 Å². The quantitative estimate of drug-likeness (QED) is 0.868. The predicted molar refractivity (Wildman–Crippen MR) is 65.2 cm³/mol. The van der Waals surface area contributed by atoms with E-state index in [0.717, 1.165) is 5.82 Å². The Kier molecular flexibility index (Phi) is 3.49. The normalized spacial score (nSPS) is 14.5. The fraction of sp³-hybridized carbons (Fsp3) is 0.417. The van der Waals surface area contributed by atoms with E-state index in [1.165, 1.54) is 5.56 Å². The van der Waals surface area contributed by atoms with Crippen molar-refractivity contribution in [2.75, 3.05) is 0 Å². The molecule has 0 saturated heterocycles. The fourth-order valence-electron chi connectivity index (χ4n) is 1.86. The number of pyridine rings is 1. The summed E-state index contributed by atoms with van der Waals surface area (Å²) < 4.78 is 1.92. The highest BCUT2D eigenvalue weighted by Gasteiger charge is 2.14. The molecule has 2 aromatic rings. The first kappa shape index (κ1) is 11.7. The highest BCUT2D eigenvalue weighted by molar-refractivity contribution is 5.13. The molecule has 2 rings (SSSR count). The van der Waals surface area contributed by atoms with Gasteiger partial charge >= 0.3 is 0 Å². The van der Waals surface area contributed by atoms with Crippen molar-refractivity contribution in [1.29, 1.82) is 0 Å². The van der Waals surface area contributed by atoms with Crippen LogP contribution in [0.3, 0.4) is 0 Å². The van der Waals surface area contributed by atoms with Crippen molar-refractivity contribution < 1.29 is 0 Å². The molecule has 0 saturated carbocycles. The van der Waals surface area contributed by atoms with Gasteiger partial charge in [-0.25, -0.2) is 0 Å². The van der Waals surface area contributed by atoms with Gasteiger partial charge in [0.15, 0.2) is 0 Å². The summed E-state index contributed by atoms with van der Waals surface area (Å²) in [6.45, 7) is 4.20.